The summed E-state index contributed by atoms with van der Waals surface area (Å²) >= 11 is 13.2. The van der Waals surface area contributed by atoms with Crippen molar-refractivity contribution in [1.82, 2.24) is 10.6 Å². The van der Waals surface area contributed by atoms with Crippen molar-refractivity contribution in [3.05, 3.63) is 29.3 Å². The van der Waals surface area contributed by atoms with Gasteiger partial charge in [0.1, 0.15) is 0 Å². The van der Waals surface area contributed by atoms with Gasteiger partial charge in [-0.15, -0.1) is 11.8 Å². The highest BCUT2D eigenvalue weighted by Gasteiger charge is 2.41. The Bertz CT molecular complexity index is 542. The first-order chi connectivity index (χ1) is 11.2. The molecule has 2 rings (SSSR count). The number of hydrogen-bond donors (Lipinski definition) is 3. The summed E-state index contributed by atoms with van der Waals surface area (Å²) in [5.41, 5.74) is 0.499. The zero-order valence-corrected chi connectivity index (χ0v) is 17.4. The van der Waals surface area contributed by atoms with Gasteiger partial charge in [0.15, 0.2) is 5.11 Å². The maximum absolute atomic E-state index is 5.90. The third-order valence-corrected chi connectivity index (χ3v) is 5.66. The molecule has 1 aliphatic rings. The van der Waals surface area contributed by atoms with Crippen molar-refractivity contribution in [2.45, 2.75) is 62.6 Å². The molecule has 0 aromatic heterocycles. The molecule has 1 aromatic carbocycles. The first-order valence-corrected chi connectivity index (χ1v) is 10.2. The molecular weight excluding hydrogens is 358 g/mol. The third kappa shape index (κ3) is 6.79. The van der Waals surface area contributed by atoms with Crippen LogP contribution in [0.15, 0.2) is 29.2 Å². The van der Waals surface area contributed by atoms with Crippen molar-refractivity contribution >= 4 is 40.7 Å². The first kappa shape index (κ1) is 19.8. The van der Waals surface area contributed by atoms with E-state index < -0.39 is 0 Å². The Hall–Kier alpha value is -0.490. The van der Waals surface area contributed by atoms with Gasteiger partial charge in [0, 0.05) is 41.1 Å². The minimum Gasteiger partial charge on any atom is -0.362 e. The lowest BCUT2D eigenvalue weighted by Crippen LogP contribution is -3.06. The fourth-order valence-electron chi connectivity index (χ4n) is 3.72. The molecule has 134 valence electrons. The molecule has 1 aliphatic heterocycles. The van der Waals surface area contributed by atoms with Crippen LogP contribution in [-0.2, 0) is 0 Å². The predicted molar refractivity (Wildman–Crippen MR) is 109 cm³/mol. The average Bonchev–Trinajstić information content (AvgIpc) is 2.42. The minimum atomic E-state index is 0.249. The van der Waals surface area contributed by atoms with E-state index >= 15 is 0 Å². The number of nitrogens with two attached hydrogens (primary N) is 1. The highest BCUT2D eigenvalue weighted by Crippen LogP contribution is 2.22. The molecule has 3 nitrogen and oxygen atoms in total. The lowest BCUT2D eigenvalue weighted by atomic mass is 9.80. The molecule has 0 radical (unpaired) electrons. The first-order valence-electron chi connectivity index (χ1n) is 8.45. The van der Waals surface area contributed by atoms with E-state index in [1.165, 1.54) is 4.90 Å². The maximum atomic E-state index is 5.90. The second-order valence-electron chi connectivity index (χ2n) is 7.93. The molecule has 0 bridgehead atoms. The molecular formula is C18H29ClN3S2+. The van der Waals surface area contributed by atoms with Crippen LogP contribution < -0.4 is 16.0 Å². The standard InChI is InChI=1S/C18H28ClN3S2/c1-17(2)11-14(12-18(3,4)22-17)21-16(23)20-9-10-24-15-7-5-13(19)6-8-15/h5-8,14,22H,9-12H2,1-4H3,(H2,20,21,23)/p+1. The molecule has 0 saturated carbocycles. The summed E-state index contributed by atoms with van der Waals surface area (Å²) in [4.78, 5) is 1.23. The maximum Gasteiger partial charge on any atom is 0.166 e. The van der Waals surface area contributed by atoms with E-state index in [2.05, 4.69) is 43.6 Å². The van der Waals surface area contributed by atoms with E-state index in [0.717, 1.165) is 35.3 Å². The van der Waals surface area contributed by atoms with Crippen LogP contribution in [0.3, 0.4) is 0 Å². The summed E-state index contributed by atoms with van der Waals surface area (Å²) in [6, 6.07) is 8.38. The molecule has 4 N–H and O–H groups in total. The van der Waals surface area contributed by atoms with Crippen LogP contribution >= 0.6 is 35.6 Å². The Balaban J connectivity index is 1.70. The molecule has 1 heterocycles. The largest absolute Gasteiger partial charge is 0.362 e. The number of nitrogens with one attached hydrogen (secondary N) is 2. The van der Waals surface area contributed by atoms with E-state index in [1.807, 2.05) is 24.3 Å². The van der Waals surface area contributed by atoms with Crippen LogP contribution in [0.4, 0.5) is 0 Å². The normalized spacial score (nSPS) is 19.7. The molecule has 0 aliphatic carbocycles. The quantitative estimate of drug-likeness (QED) is 0.413. The highest BCUT2D eigenvalue weighted by atomic mass is 35.5. The van der Waals surface area contributed by atoms with Gasteiger partial charge in [0.25, 0.3) is 0 Å². The lowest BCUT2D eigenvalue weighted by Gasteiger charge is -2.43. The highest BCUT2D eigenvalue weighted by molar-refractivity contribution is 7.99. The zero-order chi connectivity index (χ0) is 17.8. The number of halogens is 1. The molecule has 0 spiro atoms. The SMILES string of the molecule is CC1(C)CC(NC(=S)NCCSc2ccc(Cl)cc2)CC(C)(C)[NH2+]1. The molecule has 6 heteroatoms. The Kier molecular flexibility index (Phi) is 6.82. The number of piperidine rings is 1. The Morgan fingerprint density at radius 2 is 1.79 bits per heavy atom. The van der Waals surface area contributed by atoms with E-state index in [9.17, 15) is 0 Å². The number of rotatable bonds is 5. The van der Waals surface area contributed by atoms with Crippen LogP contribution in [-0.4, -0.2) is 34.5 Å². The monoisotopic (exact) mass is 386 g/mol. The zero-order valence-electron chi connectivity index (χ0n) is 15.0. The van der Waals surface area contributed by atoms with Gasteiger partial charge in [-0.3, -0.25) is 0 Å². The molecule has 1 aromatic rings. The van der Waals surface area contributed by atoms with Crippen LogP contribution in [0.25, 0.3) is 0 Å². The van der Waals surface area contributed by atoms with E-state index in [0.29, 0.717) is 6.04 Å². The van der Waals surface area contributed by atoms with E-state index in [-0.39, 0.29) is 11.1 Å². The van der Waals surface area contributed by atoms with Gasteiger partial charge < -0.3 is 16.0 Å². The average molecular weight is 387 g/mol. The van der Waals surface area contributed by atoms with Crippen molar-refractivity contribution in [1.29, 1.82) is 0 Å². The smallest absolute Gasteiger partial charge is 0.166 e. The molecule has 1 fully saturated rings. The van der Waals surface area contributed by atoms with Crippen molar-refractivity contribution in [3.8, 4) is 0 Å². The Labute approximate surface area is 160 Å². The summed E-state index contributed by atoms with van der Waals surface area (Å²) < 4.78 is 0. The van der Waals surface area contributed by atoms with Gasteiger partial charge >= 0.3 is 0 Å². The van der Waals surface area contributed by atoms with Crippen molar-refractivity contribution in [3.63, 3.8) is 0 Å². The molecule has 24 heavy (non-hydrogen) atoms. The topological polar surface area (TPSA) is 40.7 Å². The fraction of sp³-hybridized carbons (Fsp3) is 0.611. The van der Waals surface area contributed by atoms with Gasteiger partial charge in [0.2, 0.25) is 0 Å². The molecule has 0 amide bonds. The number of benzene rings is 1. The van der Waals surface area contributed by atoms with Crippen LogP contribution in [0, 0.1) is 0 Å². The lowest BCUT2D eigenvalue weighted by molar-refractivity contribution is -0.787. The van der Waals surface area contributed by atoms with E-state index in [1.54, 1.807) is 11.8 Å². The van der Waals surface area contributed by atoms with Gasteiger partial charge in [-0.05, 0) is 64.2 Å². The van der Waals surface area contributed by atoms with Crippen molar-refractivity contribution in [2.75, 3.05) is 12.3 Å². The van der Waals surface area contributed by atoms with Crippen molar-refractivity contribution < 1.29 is 5.32 Å². The molecule has 0 unspecified atom stereocenters. The number of thiocarbonyl (C=S) groups is 1. The predicted octanol–water partition coefficient (Wildman–Crippen LogP) is 3.18. The van der Waals surface area contributed by atoms with E-state index in [4.69, 9.17) is 23.8 Å². The van der Waals surface area contributed by atoms with Crippen LogP contribution in [0.5, 0.6) is 0 Å². The van der Waals surface area contributed by atoms with Gasteiger partial charge in [-0.1, -0.05) is 11.6 Å². The number of quaternary nitrogens is 1. The Morgan fingerprint density at radius 3 is 2.38 bits per heavy atom. The molecule has 0 atom stereocenters. The summed E-state index contributed by atoms with van der Waals surface area (Å²) in [7, 11) is 0. The fourth-order valence-corrected chi connectivity index (χ4v) is 4.88. The second-order valence-corrected chi connectivity index (χ2v) is 9.94. The van der Waals surface area contributed by atoms with Crippen LogP contribution in [0.2, 0.25) is 5.02 Å². The van der Waals surface area contributed by atoms with Gasteiger partial charge in [0.05, 0.1) is 11.1 Å². The summed E-state index contributed by atoms with van der Waals surface area (Å²) in [6.45, 7) is 10.1. The third-order valence-electron chi connectivity index (χ3n) is 4.13. The van der Waals surface area contributed by atoms with Gasteiger partial charge in [-0.25, -0.2) is 0 Å². The van der Waals surface area contributed by atoms with Crippen LogP contribution in [0.1, 0.15) is 40.5 Å². The number of hydrogen-bond acceptors (Lipinski definition) is 2. The summed E-state index contributed by atoms with van der Waals surface area (Å²) in [5.74, 6) is 0.971. The van der Waals surface area contributed by atoms with Gasteiger partial charge in [-0.2, -0.15) is 0 Å². The summed E-state index contributed by atoms with van der Waals surface area (Å²) in [6.07, 6.45) is 2.25. The summed E-state index contributed by atoms with van der Waals surface area (Å²) in [5, 5.41) is 10.9. The minimum absolute atomic E-state index is 0.249. The number of thioether (sulfide) groups is 1. The molecule has 1 saturated heterocycles. The Morgan fingerprint density at radius 1 is 1.21 bits per heavy atom. The van der Waals surface area contributed by atoms with Crippen molar-refractivity contribution in [2.24, 2.45) is 0 Å². The second kappa shape index (κ2) is 8.26.